The van der Waals surface area contributed by atoms with E-state index in [0.717, 1.165) is 21.7 Å². The number of anilines is 1. The molecule has 5 rings (SSSR count). The standard InChI is InChI=1S/C26H17NO3S/c28-25-21-11-4-5-12-23(21)31-24(25)16-20-13-14-22(30-20)17-7-6-8-18(15-17)26(29)27-19-9-2-1-3-10-19/h1-16H,(H,27,29)/b24-16-. The molecule has 0 aliphatic carbocycles. The number of furan rings is 1. The Morgan fingerprint density at radius 1 is 0.871 bits per heavy atom. The van der Waals surface area contributed by atoms with Crippen LogP contribution in [-0.2, 0) is 0 Å². The summed E-state index contributed by atoms with van der Waals surface area (Å²) in [6.07, 6.45) is 1.77. The molecule has 0 fully saturated rings. The molecule has 4 nitrogen and oxygen atoms in total. The average molecular weight is 423 g/mol. The molecule has 2 heterocycles. The molecule has 150 valence electrons. The second-order valence-corrected chi connectivity index (χ2v) is 8.12. The lowest BCUT2D eigenvalue weighted by molar-refractivity contribution is 0.102. The van der Waals surface area contributed by atoms with Gasteiger partial charge >= 0.3 is 0 Å². The van der Waals surface area contributed by atoms with E-state index in [0.29, 0.717) is 22.0 Å². The van der Waals surface area contributed by atoms with Crippen LogP contribution < -0.4 is 5.32 Å². The third-order valence-electron chi connectivity index (χ3n) is 4.92. The Morgan fingerprint density at radius 2 is 1.68 bits per heavy atom. The summed E-state index contributed by atoms with van der Waals surface area (Å²) in [6, 6.07) is 27.8. The Balaban J connectivity index is 1.36. The van der Waals surface area contributed by atoms with Crippen LogP contribution in [0.3, 0.4) is 0 Å². The molecule has 0 unspecified atom stereocenters. The maximum absolute atomic E-state index is 12.6. The molecule has 31 heavy (non-hydrogen) atoms. The van der Waals surface area contributed by atoms with Gasteiger partial charge in [-0.25, -0.2) is 0 Å². The molecule has 0 spiro atoms. The molecule has 1 aromatic heterocycles. The number of para-hydroxylation sites is 1. The molecule has 1 N–H and O–H groups in total. The highest BCUT2D eigenvalue weighted by atomic mass is 32.2. The van der Waals surface area contributed by atoms with Crippen LogP contribution in [0, 0.1) is 0 Å². The Labute approximate surface area is 183 Å². The number of ketones is 1. The van der Waals surface area contributed by atoms with Crippen molar-refractivity contribution in [2.45, 2.75) is 4.90 Å². The summed E-state index contributed by atoms with van der Waals surface area (Å²) in [6.45, 7) is 0. The number of carbonyl (C=O) groups is 2. The fraction of sp³-hybridized carbons (Fsp3) is 0. The van der Waals surface area contributed by atoms with Crippen LogP contribution in [0.2, 0.25) is 0 Å². The third-order valence-corrected chi connectivity index (χ3v) is 6.02. The van der Waals surface area contributed by atoms with Gasteiger partial charge in [0.25, 0.3) is 5.91 Å². The predicted octanol–water partition coefficient (Wildman–Crippen LogP) is 6.53. The zero-order chi connectivity index (χ0) is 21.2. The minimum absolute atomic E-state index is 0.0122. The van der Waals surface area contributed by atoms with Crippen LogP contribution in [0.25, 0.3) is 17.4 Å². The molecule has 0 radical (unpaired) electrons. The van der Waals surface area contributed by atoms with E-state index in [1.807, 2.05) is 78.9 Å². The van der Waals surface area contributed by atoms with Crippen LogP contribution in [-0.4, -0.2) is 11.7 Å². The van der Waals surface area contributed by atoms with Crippen molar-refractivity contribution < 1.29 is 14.0 Å². The highest BCUT2D eigenvalue weighted by Crippen LogP contribution is 2.40. The van der Waals surface area contributed by atoms with Gasteiger partial charge in [-0.1, -0.05) is 54.2 Å². The van der Waals surface area contributed by atoms with E-state index in [1.165, 1.54) is 11.8 Å². The van der Waals surface area contributed by atoms with E-state index in [4.69, 9.17) is 4.42 Å². The topological polar surface area (TPSA) is 59.3 Å². The predicted molar refractivity (Wildman–Crippen MR) is 123 cm³/mol. The van der Waals surface area contributed by atoms with Gasteiger partial charge in [-0.15, -0.1) is 0 Å². The SMILES string of the molecule is O=C(Nc1ccccc1)c1cccc(-c2ccc(/C=C3\Sc4ccccc4C3=O)o2)c1. The highest BCUT2D eigenvalue weighted by Gasteiger charge is 2.25. The Bertz CT molecular complexity index is 1320. The molecule has 0 saturated carbocycles. The fourth-order valence-electron chi connectivity index (χ4n) is 3.39. The second-order valence-electron chi connectivity index (χ2n) is 7.04. The maximum atomic E-state index is 12.6. The molecule has 1 amide bonds. The van der Waals surface area contributed by atoms with E-state index in [9.17, 15) is 9.59 Å². The van der Waals surface area contributed by atoms with Gasteiger partial charge < -0.3 is 9.73 Å². The molecule has 3 aromatic carbocycles. The Morgan fingerprint density at radius 3 is 2.52 bits per heavy atom. The number of amides is 1. The number of hydrogen-bond donors (Lipinski definition) is 1. The summed E-state index contributed by atoms with van der Waals surface area (Å²) in [4.78, 5) is 26.8. The van der Waals surface area contributed by atoms with Crippen molar-refractivity contribution >= 4 is 35.2 Å². The number of Topliss-reactive ketones (excluding diaryl/α,β-unsaturated/α-hetero) is 1. The van der Waals surface area contributed by atoms with E-state index < -0.39 is 0 Å². The first kappa shape index (κ1) is 19.2. The summed E-state index contributed by atoms with van der Waals surface area (Å²) in [5.41, 5.74) is 2.79. The molecule has 1 aliphatic heterocycles. The van der Waals surface area contributed by atoms with Crippen molar-refractivity contribution in [3.8, 4) is 11.3 Å². The second kappa shape index (κ2) is 8.13. The molecule has 0 bridgehead atoms. The van der Waals surface area contributed by atoms with Crippen molar-refractivity contribution in [2.24, 2.45) is 0 Å². The molecule has 0 saturated heterocycles. The highest BCUT2D eigenvalue weighted by molar-refractivity contribution is 8.04. The maximum Gasteiger partial charge on any atom is 0.255 e. The van der Waals surface area contributed by atoms with Gasteiger partial charge in [-0.2, -0.15) is 0 Å². The number of nitrogens with one attached hydrogen (secondary N) is 1. The van der Waals surface area contributed by atoms with Gasteiger partial charge in [-0.05, 0) is 54.6 Å². The minimum Gasteiger partial charge on any atom is -0.457 e. The largest absolute Gasteiger partial charge is 0.457 e. The number of hydrogen-bond acceptors (Lipinski definition) is 4. The van der Waals surface area contributed by atoms with Crippen LogP contribution in [0.1, 0.15) is 26.5 Å². The zero-order valence-electron chi connectivity index (χ0n) is 16.4. The summed E-state index contributed by atoms with van der Waals surface area (Å²) >= 11 is 1.45. The van der Waals surface area contributed by atoms with Gasteiger partial charge in [-0.3, -0.25) is 9.59 Å². The number of carbonyl (C=O) groups excluding carboxylic acids is 2. The summed E-state index contributed by atoms with van der Waals surface area (Å²) in [7, 11) is 0. The van der Waals surface area contributed by atoms with Crippen LogP contribution >= 0.6 is 11.8 Å². The zero-order valence-corrected chi connectivity index (χ0v) is 17.2. The lowest BCUT2D eigenvalue weighted by Crippen LogP contribution is -2.11. The van der Waals surface area contributed by atoms with E-state index in [2.05, 4.69) is 5.32 Å². The van der Waals surface area contributed by atoms with E-state index >= 15 is 0 Å². The normalized spacial score (nSPS) is 13.9. The molecule has 0 atom stereocenters. The Kier molecular flexibility index (Phi) is 5.02. The van der Waals surface area contributed by atoms with Crippen molar-refractivity contribution in [3.63, 3.8) is 0 Å². The molecule has 4 aromatic rings. The Hall–Kier alpha value is -3.83. The number of allylic oxidation sites excluding steroid dienone is 1. The molecular weight excluding hydrogens is 406 g/mol. The molecular formula is C26H17NO3S. The van der Waals surface area contributed by atoms with Gasteiger partial charge in [0, 0.05) is 27.3 Å². The van der Waals surface area contributed by atoms with Crippen molar-refractivity contribution in [2.75, 3.05) is 5.32 Å². The lowest BCUT2D eigenvalue weighted by Gasteiger charge is -2.06. The van der Waals surface area contributed by atoms with Gasteiger partial charge in [0.1, 0.15) is 11.5 Å². The first-order valence-corrected chi connectivity index (χ1v) is 10.6. The van der Waals surface area contributed by atoms with Gasteiger partial charge in [0.15, 0.2) is 0 Å². The number of benzene rings is 3. The van der Waals surface area contributed by atoms with Crippen LogP contribution in [0.4, 0.5) is 5.69 Å². The first-order valence-electron chi connectivity index (χ1n) is 9.77. The van der Waals surface area contributed by atoms with Crippen LogP contribution in [0.15, 0.2) is 105 Å². The minimum atomic E-state index is -0.187. The molecule has 1 aliphatic rings. The van der Waals surface area contributed by atoms with Gasteiger partial charge in [0.05, 0.1) is 4.91 Å². The quantitative estimate of drug-likeness (QED) is 0.379. The van der Waals surface area contributed by atoms with Crippen molar-refractivity contribution in [3.05, 3.63) is 113 Å². The van der Waals surface area contributed by atoms with E-state index in [-0.39, 0.29) is 11.7 Å². The third kappa shape index (κ3) is 3.96. The van der Waals surface area contributed by atoms with Gasteiger partial charge in [0.2, 0.25) is 5.78 Å². The molecule has 5 heteroatoms. The summed E-state index contributed by atoms with van der Waals surface area (Å²) in [5.74, 6) is 1.05. The van der Waals surface area contributed by atoms with Crippen molar-refractivity contribution in [1.82, 2.24) is 0 Å². The summed E-state index contributed by atoms with van der Waals surface area (Å²) < 4.78 is 5.96. The first-order chi connectivity index (χ1) is 15.2. The summed E-state index contributed by atoms with van der Waals surface area (Å²) in [5, 5.41) is 2.88. The average Bonchev–Trinajstić information content (AvgIpc) is 3.40. The fourth-order valence-corrected chi connectivity index (χ4v) is 4.42. The monoisotopic (exact) mass is 423 g/mol. The number of rotatable bonds is 4. The van der Waals surface area contributed by atoms with Crippen LogP contribution in [0.5, 0.6) is 0 Å². The van der Waals surface area contributed by atoms with Crippen molar-refractivity contribution in [1.29, 1.82) is 0 Å². The number of thioether (sulfide) groups is 1. The van der Waals surface area contributed by atoms with E-state index in [1.54, 1.807) is 18.2 Å². The lowest BCUT2D eigenvalue weighted by atomic mass is 10.1. The smallest absolute Gasteiger partial charge is 0.255 e. The number of fused-ring (bicyclic) bond motifs is 1.